The van der Waals surface area contributed by atoms with Gasteiger partial charge in [0.1, 0.15) is 18.3 Å². The van der Waals surface area contributed by atoms with Gasteiger partial charge >= 0.3 is 13.9 Å². The molecule has 0 aromatic heterocycles. The number of carbonyl (C=O) groups is 2. The molecule has 19 heavy (non-hydrogen) atoms. The lowest BCUT2D eigenvalue weighted by atomic mass is 10.1. The van der Waals surface area contributed by atoms with Gasteiger partial charge in [-0.15, -0.1) is 0 Å². The van der Waals surface area contributed by atoms with Crippen LogP contribution in [0.1, 0.15) is 0 Å². The van der Waals surface area contributed by atoms with Crippen molar-refractivity contribution < 1.29 is 43.4 Å². The molecule has 0 aromatic carbocycles. The van der Waals surface area contributed by atoms with Crippen LogP contribution in [0.5, 0.6) is 0 Å². The molecule has 0 radical (unpaired) electrons. The maximum atomic E-state index is 11.1. The van der Waals surface area contributed by atoms with E-state index in [1.54, 1.807) is 5.32 Å². The third kappa shape index (κ3) is 4.51. The fourth-order valence-electron chi connectivity index (χ4n) is 1.50. The Morgan fingerprint density at radius 1 is 1.47 bits per heavy atom. The molecule has 1 aliphatic heterocycles. The highest BCUT2D eigenvalue weighted by molar-refractivity contribution is 7.46. The lowest BCUT2D eigenvalue weighted by Crippen LogP contribution is -2.48. The summed E-state index contributed by atoms with van der Waals surface area (Å²) in [4.78, 5) is 38.5. The molecule has 1 heterocycles. The minimum absolute atomic E-state index is 0.0725. The number of phosphoric acid groups is 1. The van der Waals surface area contributed by atoms with Crippen LogP contribution in [0, 0.1) is 0 Å². The molecule has 12 heteroatoms. The second-order valence-corrected chi connectivity index (χ2v) is 4.76. The molecule has 1 unspecified atom stereocenters. The smallest absolute Gasteiger partial charge is 0.394 e. The Morgan fingerprint density at radius 3 is 2.58 bits per heavy atom. The largest absolute Gasteiger partial charge is 0.470 e. The Kier molecular flexibility index (Phi) is 5.38. The number of hydrogen-bond donors (Lipinski definition) is 6. The van der Waals surface area contributed by atoms with Crippen molar-refractivity contribution in [3.05, 3.63) is 0 Å². The molecule has 1 aliphatic rings. The predicted molar refractivity (Wildman–Crippen MR) is 56.4 cm³/mol. The number of hydrogen-bond acceptors (Lipinski definition) is 7. The van der Waals surface area contributed by atoms with Gasteiger partial charge < -0.3 is 30.1 Å². The first-order valence-electron chi connectivity index (χ1n) is 4.97. The van der Waals surface area contributed by atoms with E-state index in [2.05, 4.69) is 4.52 Å². The first-order chi connectivity index (χ1) is 8.78. The highest BCUT2D eigenvalue weighted by atomic mass is 31.2. The van der Waals surface area contributed by atoms with Crippen molar-refractivity contribution in [2.24, 2.45) is 0 Å². The molecule has 1 saturated heterocycles. The SMILES string of the molecule is O=CNC(=O)NC1O[C@H](CO)[C@@H](O)[C@H]1OP(=O)(O)O. The van der Waals surface area contributed by atoms with Crippen LogP contribution >= 0.6 is 7.82 Å². The molecule has 0 bridgehead atoms. The summed E-state index contributed by atoms with van der Waals surface area (Å²) in [6.07, 6.45) is -5.74. The topological polar surface area (TPSA) is 175 Å². The predicted octanol–water partition coefficient (Wildman–Crippen LogP) is -3.00. The highest BCUT2D eigenvalue weighted by Gasteiger charge is 2.47. The Bertz CT molecular complexity index is 385. The summed E-state index contributed by atoms with van der Waals surface area (Å²) in [6.45, 7) is -0.657. The second-order valence-electron chi connectivity index (χ2n) is 3.56. The van der Waals surface area contributed by atoms with E-state index in [9.17, 15) is 19.3 Å². The van der Waals surface area contributed by atoms with Crippen LogP contribution in [0.2, 0.25) is 0 Å². The monoisotopic (exact) mass is 300 g/mol. The third-order valence-corrected chi connectivity index (χ3v) is 2.76. The molecular formula is C7H13N2O9P. The Balaban J connectivity index is 2.77. The highest BCUT2D eigenvalue weighted by Crippen LogP contribution is 2.41. The zero-order chi connectivity index (χ0) is 14.6. The number of urea groups is 1. The van der Waals surface area contributed by atoms with E-state index in [0.29, 0.717) is 0 Å². The first-order valence-corrected chi connectivity index (χ1v) is 6.50. The van der Waals surface area contributed by atoms with Crippen LogP contribution < -0.4 is 10.6 Å². The molecule has 110 valence electrons. The minimum Gasteiger partial charge on any atom is -0.394 e. The number of phosphoric ester groups is 1. The summed E-state index contributed by atoms with van der Waals surface area (Å²) in [5.74, 6) is 0. The molecule has 0 aliphatic carbocycles. The fourth-order valence-corrected chi connectivity index (χ4v) is 2.06. The molecule has 4 atom stereocenters. The number of amides is 3. The van der Waals surface area contributed by atoms with Crippen molar-refractivity contribution in [2.75, 3.05) is 6.61 Å². The van der Waals surface area contributed by atoms with Crippen LogP contribution in [0.15, 0.2) is 0 Å². The Morgan fingerprint density at radius 2 is 2.11 bits per heavy atom. The standard InChI is InChI=1S/C7H13N2O9P/c10-1-3-4(12)5(18-19(14,15)16)6(17-3)9-7(13)8-2-11/h2-6,10,12H,1H2,(H2,14,15,16)(H2,8,9,11,13)/t3-,4-,5-,6?/m1/s1. The van der Waals surface area contributed by atoms with Gasteiger partial charge in [-0.2, -0.15) is 0 Å². The Labute approximate surface area is 106 Å². The van der Waals surface area contributed by atoms with Crippen molar-refractivity contribution in [2.45, 2.75) is 24.5 Å². The van der Waals surface area contributed by atoms with Crippen LogP contribution in [0.3, 0.4) is 0 Å². The van der Waals surface area contributed by atoms with Crippen molar-refractivity contribution >= 4 is 20.3 Å². The lowest BCUT2D eigenvalue weighted by molar-refractivity contribution is -0.108. The van der Waals surface area contributed by atoms with Gasteiger partial charge in [0.15, 0.2) is 6.23 Å². The van der Waals surface area contributed by atoms with Crippen molar-refractivity contribution in [1.82, 2.24) is 10.6 Å². The number of aliphatic hydroxyl groups is 2. The summed E-state index contributed by atoms with van der Waals surface area (Å²) in [5.41, 5.74) is 0. The minimum atomic E-state index is -4.95. The van der Waals surface area contributed by atoms with Gasteiger partial charge in [0, 0.05) is 0 Å². The van der Waals surface area contributed by atoms with E-state index in [0.717, 1.165) is 0 Å². The average molecular weight is 300 g/mol. The van der Waals surface area contributed by atoms with E-state index in [1.807, 2.05) is 5.32 Å². The summed E-state index contributed by atoms with van der Waals surface area (Å²) >= 11 is 0. The number of rotatable bonds is 5. The second kappa shape index (κ2) is 6.39. The van der Waals surface area contributed by atoms with Gasteiger partial charge in [0.05, 0.1) is 6.61 Å². The third-order valence-electron chi connectivity index (χ3n) is 2.24. The van der Waals surface area contributed by atoms with Crippen molar-refractivity contribution in [3.8, 4) is 0 Å². The molecule has 6 N–H and O–H groups in total. The lowest BCUT2D eigenvalue weighted by Gasteiger charge is -2.21. The average Bonchev–Trinajstić information content (AvgIpc) is 2.55. The van der Waals surface area contributed by atoms with E-state index in [1.165, 1.54) is 0 Å². The molecular weight excluding hydrogens is 287 g/mol. The van der Waals surface area contributed by atoms with E-state index >= 15 is 0 Å². The maximum Gasteiger partial charge on any atom is 0.470 e. The van der Waals surface area contributed by atoms with Crippen LogP contribution in [0.25, 0.3) is 0 Å². The number of aliphatic hydroxyl groups excluding tert-OH is 2. The van der Waals surface area contributed by atoms with Crippen LogP contribution in [-0.2, 0) is 18.6 Å². The molecule has 1 fully saturated rings. The summed E-state index contributed by atoms with van der Waals surface area (Å²) in [7, 11) is -4.95. The van der Waals surface area contributed by atoms with Crippen LogP contribution in [0.4, 0.5) is 4.79 Å². The van der Waals surface area contributed by atoms with Crippen molar-refractivity contribution in [3.63, 3.8) is 0 Å². The van der Waals surface area contributed by atoms with Gasteiger partial charge in [-0.3, -0.25) is 14.6 Å². The van der Waals surface area contributed by atoms with E-state index in [4.69, 9.17) is 19.6 Å². The maximum absolute atomic E-state index is 11.1. The van der Waals surface area contributed by atoms with Crippen LogP contribution in [-0.4, -0.2) is 63.6 Å². The summed E-state index contributed by atoms with van der Waals surface area (Å²) in [6, 6.07) is -1.02. The summed E-state index contributed by atoms with van der Waals surface area (Å²) < 4.78 is 20.0. The number of nitrogens with one attached hydrogen (secondary N) is 2. The zero-order valence-electron chi connectivity index (χ0n) is 9.37. The Hall–Kier alpha value is -1.07. The van der Waals surface area contributed by atoms with Gasteiger partial charge in [0.25, 0.3) is 0 Å². The molecule has 11 nitrogen and oxygen atoms in total. The van der Waals surface area contributed by atoms with Crippen molar-refractivity contribution in [1.29, 1.82) is 0 Å². The van der Waals surface area contributed by atoms with Gasteiger partial charge in [-0.25, -0.2) is 9.36 Å². The van der Waals surface area contributed by atoms with Gasteiger partial charge in [0.2, 0.25) is 6.41 Å². The molecule has 0 aromatic rings. The summed E-state index contributed by atoms with van der Waals surface area (Å²) in [5, 5.41) is 22.2. The first kappa shape index (κ1) is 16.0. The van der Waals surface area contributed by atoms with E-state index in [-0.39, 0.29) is 6.41 Å². The number of ether oxygens (including phenoxy) is 1. The number of imide groups is 1. The van der Waals surface area contributed by atoms with E-state index < -0.39 is 45.0 Å². The fraction of sp³-hybridized carbons (Fsp3) is 0.714. The zero-order valence-corrected chi connectivity index (χ0v) is 10.3. The molecule has 1 rings (SSSR count). The molecule has 3 amide bonds. The van der Waals surface area contributed by atoms with Gasteiger partial charge in [-0.05, 0) is 0 Å². The molecule has 0 spiro atoms. The quantitative estimate of drug-likeness (QED) is 0.228. The molecule has 0 saturated carbocycles. The number of carbonyl (C=O) groups excluding carboxylic acids is 2. The normalized spacial score (nSPS) is 30.9. The van der Waals surface area contributed by atoms with Gasteiger partial charge in [-0.1, -0.05) is 0 Å².